The lowest BCUT2D eigenvalue weighted by atomic mass is 10.1. The number of hydrogen-bond donors (Lipinski definition) is 0. The van der Waals surface area contributed by atoms with Crippen LogP contribution in [0.2, 0.25) is 0 Å². The molecule has 13 heavy (non-hydrogen) atoms. The first-order valence-corrected chi connectivity index (χ1v) is 4.21. The highest BCUT2D eigenvalue weighted by molar-refractivity contribution is 5.34. The highest BCUT2D eigenvalue weighted by Crippen LogP contribution is 2.20. The van der Waals surface area contributed by atoms with Crippen LogP contribution in [0.1, 0.15) is 12.0 Å². The summed E-state index contributed by atoms with van der Waals surface area (Å²) in [6.45, 7) is 3.63. The predicted octanol–water partition coefficient (Wildman–Crippen LogP) is 2.95. The Balaban J connectivity index is 2.85. The molecule has 0 bridgehead atoms. The number of halogens is 1. The zero-order valence-corrected chi connectivity index (χ0v) is 7.72. The van der Waals surface area contributed by atoms with E-state index in [4.69, 9.17) is 4.74 Å². The first-order valence-electron chi connectivity index (χ1n) is 4.21. The van der Waals surface area contributed by atoms with Crippen molar-refractivity contribution in [2.75, 3.05) is 7.11 Å². The van der Waals surface area contributed by atoms with Crippen molar-refractivity contribution in [3.8, 4) is 5.75 Å². The van der Waals surface area contributed by atoms with Gasteiger partial charge in [-0.1, -0.05) is 12.1 Å². The molecule has 0 heterocycles. The average molecular weight is 180 g/mol. The Morgan fingerprint density at radius 3 is 2.92 bits per heavy atom. The lowest BCUT2D eigenvalue weighted by Crippen LogP contribution is -1.92. The van der Waals surface area contributed by atoms with Crippen molar-refractivity contribution in [3.63, 3.8) is 0 Å². The van der Waals surface area contributed by atoms with Crippen LogP contribution in [0.5, 0.6) is 5.75 Å². The molecule has 0 atom stereocenters. The molecule has 70 valence electrons. The number of allylic oxidation sites excluding steroid dienone is 1. The van der Waals surface area contributed by atoms with Crippen molar-refractivity contribution in [2.24, 2.45) is 0 Å². The van der Waals surface area contributed by atoms with Gasteiger partial charge < -0.3 is 4.74 Å². The van der Waals surface area contributed by atoms with E-state index in [1.54, 1.807) is 13.2 Å². The van der Waals surface area contributed by atoms with Crippen molar-refractivity contribution >= 4 is 0 Å². The third-order valence-electron chi connectivity index (χ3n) is 1.87. The first kappa shape index (κ1) is 9.78. The van der Waals surface area contributed by atoms with E-state index in [1.165, 1.54) is 12.1 Å². The minimum atomic E-state index is -0.265. The zero-order chi connectivity index (χ0) is 9.68. The smallest absolute Gasteiger partial charge is 0.126 e. The molecule has 1 aromatic carbocycles. The van der Waals surface area contributed by atoms with Gasteiger partial charge in [-0.25, -0.2) is 4.39 Å². The number of benzene rings is 1. The fourth-order valence-electron chi connectivity index (χ4n) is 1.18. The van der Waals surface area contributed by atoms with Gasteiger partial charge in [0.1, 0.15) is 11.6 Å². The average Bonchev–Trinajstić information content (AvgIpc) is 2.16. The maximum atomic E-state index is 12.8. The molecule has 0 aliphatic rings. The highest BCUT2D eigenvalue weighted by Gasteiger charge is 2.02. The van der Waals surface area contributed by atoms with E-state index in [-0.39, 0.29) is 5.82 Å². The van der Waals surface area contributed by atoms with E-state index in [0.717, 1.165) is 18.4 Å². The van der Waals surface area contributed by atoms with Gasteiger partial charge in [-0.05, 0) is 24.5 Å². The largest absolute Gasteiger partial charge is 0.496 e. The molecule has 0 aromatic heterocycles. The van der Waals surface area contributed by atoms with Gasteiger partial charge in [0.2, 0.25) is 0 Å². The minimum absolute atomic E-state index is 0.265. The maximum Gasteiger partial charge on any atom is 0.126 e. The van der Waals surface area contributed by atoms with Crippen molar-refractivity contribution in [1.82, 2.24) is 0 Å². The number of aryl methyl sites for hydroxylation is 1. The Morgan fingerprint density at radius 1 is 1.54 bits per heavy atom. The summed E-state index contributed by atoms with van der Waals surface area (Å²) in [5.74, 6) is 0.348. The quantitative estimate of drug-likeness (QED) is 0.647. The molecule has 1 nitrogen and oxygen atoms in total. The van der Waals surface area contributed by atoms with Crippen LogP contribution in [-0.2, 0) is 6.42 Å². The topological polar surface area (TPSA) is 9.23 Å². The summed E-state index contributed by atoms with van der Waals surface area (Å²) < 4.78 is 17.8. The lowest BCUT2D eigenvalue weighted by Gasteiger charge is -2.06. The third kappa shape index (κ3) is 2.58. The first-order chi connectivity index (χ1) is 6.27. The van der Waals surface area contributed by atoms with Crippen LogP contribution in [0, 0.1) is 5.82 Å². The molecule has 0 radical (unpaired) electrons. The van der Waals surface area contributed by atoms with Crippen LogP contribution < -0.4 is 4.74 Å². The number of hydrogen-bond acceptors (Lipinski definition) is 1. The number of rotatable bonds is 4. The van der Waals surface area contributed by atoms with Crippen molar-refractivity contribution in [1.29, 1.82) is 0 Å². The summed E-state index contributed by atoms with van der Waals surface area (Å²) >= 11 is 0. The highest BCUT2D eigenvalue weighted by atomic mass is 19.1. The monoisotopic (exact) mass is 180 g/mol. The Bertz CT molecular complexity index is 294. The second kappa shape index (κ2) is 4.65. The summed E-state index contributed by atoms with van der Waals surface area (Å²) in [6, 6.07) is 4.59. The summed E-state index contributed by atoms with van der Waals surface area (Å²) in [5.41, 5.74) is 1.02. The molecule has 0 aliphatic carbocycles. The number of ether oxygens (including phenoxy) is 1. The van der Waals surface area contributed by atoms with Crippen LogP contribution in [-0.4, -0.2) is 7.11 Å². The summed E-state index contributed by atoms with van der Waals surface area (Å²) in [7, 11) is 1.55. The van der Waals surface area contributed by atoms with Crippen LogP contribution in [0.15, 0.2) is 30.9 Å². The molecular formula is C11H13FO. The van der Waals surface area contributed by atoms with Gasteiger partial charge in [0.05, 0.1) is 7.11 Å². The molecule has 1 rings (SSSR count). The van der Waals surface area contributed by atoms with Gasteiger partial charge in [-0.3, -0.25) is 0 Å². The molecule has 0 aliphatic heterocycles. The van der Waals surface area contributed by atoms with Gasteiger partial charge in [-0.15, -0.1) is 6.58 Å². The molecule has 0 amide bonds. The molecule has 0 N–H and O–H groups in total. The third-order valence-corrected chi connectivity index (χ3v) is 1.87. The lowest BCUT2D eigenvalue weighted by molar-refractivity contribution is 0.406. The molecular weight excluding hydrogens is 167 g/mol. The Morgan fingerprint density at radius 2 is 2.31 bits per heavy atom. The van der Waals surface area contributed by atoms with Crippen molar-refractivity contribution < 1.29 is 9.13 Å². The van der Waals surface area contributed by atoms with Gasteiger partial charge in [-0.2, -0.15) is 0 Å². The summed E-state index contributed by atoms with van der Waals surface area (Å²) in [6.07, 6.45) is 3.55. The summed E-state index contributed by atoms with van der Waals surface area (Å²) in [5, 5.41) is 0. The van der Waals surface area contributed by atoms with E-state index < -0.39 is 0 Å². The van der Waals surface area contributed by atoms with Crippen LogP contribution >= 0.6 is 0 Å². The molecule has 0 saturated carbocycles. The Hall–Kier alpha value is -1.31. The van der Waals surface area contributed by atoms with E-state index in [0.29, 0.717) is 5.75 Å². The van der Waals surface area contributed by atoms with E-state index >= 15 is 0 Å². The van der Waals surface area contributed by atoms with Gasteiger partial charge in [0.15, 0.2) is 0 Å². The van der Waals surface area contributed by atoms with Crippen molar-refractivity contribution in [3.05, 3.63) is 42.2 Å². The van der Waals surface area contributed by atoms with E-state index in [2.05, 4.69) is 6.58 Å². The second-order valence-electron chi connectivity index (χ2n) is 2.78. The Kier molecular flexibility index (Phi) is 3.50. The molecule has 0 spiro atoms. The van der Waals surface area contributed by atoms with Crippen LogP contribution in [0.3, 0.4) is 0 Å². The van der Waals surface area contributed by atoms with E-state index in [1.807, 2.05) is 6.08 Å². The minimum Gasteiger partial charge on any atom is -0.496 e. The Labute approximate surface area is 77.8 Å². The molecule has 1 aromatic rings. The van der Waals surface area contributed by atoms with Gasteiger partial charge in [0.25, 0.3) is 0 Å². The molecule has 0 saturated heterocycles. The maximum absolute atomic E-state index is 12.8. The predicted molar refractivity (Wildman–Crippen MR) is 51.5 cm³/mol. The zero-order valence-electron chi connectivity index (χ0n) is 7.72. The van der Waals surface area contributed by atoms with Crippen LogP contribution in [0.25, 0.3) is 0 Å². The molecule has 0 unspecified atom stereocenters. The molecule has 0 fully saturated rings. The second-order valence-corrected chi connectivity index (χ2v) is 2.78. The normalized spacial score (nSPS) is 9.69. The van der Waals surface area contributed by atoms with Crippen molar-refractivity contribution in [2.45, 2.75) is 12.8 Å². The van der Waals surface area contributed by atoms with Gasteiger partial charge in [0, 0.05) is 6.07 Å². The fraction of sp³-hybridized carbons (Fsp3) is 0.273. The number of methoxy groups -OCH3 is 1. The molecule has 2 heteroatoms. The standard InChI is InChI=1S/C11H13FO/c1-3-4-5-9-6-7-10(12)8-11(9)13-2/h3,6-8H,1,4-5H2,2H3. The van der Waals surface area contributed by atoms with Gasteiger partial charge >= 0.3 is 0 Å². The van der Waals surface area contributed by atoms with E-state index in [9.17, 15) is 4.39 Å². The van der Waals surface area contributed by atoms with Crippen LogP contribution in [0.4, 0.5) is 4.39 Å². The summed E-state index contributed by atoms with van der Waals surface area (Å²) in [4.78, 5) is 0. The SMILES string of the molecule is C=CCCc1ccc(F)cc1OC. The fourth-order valence-corrected chi connectivity index (χ4v) is 1.18.